The molecule has 21 heavy (non-hydrogen) atoms. The fourth-order valence-electron chi connectivity index (χ4n) is 3.12. The van der Waals surface area contributed by atoms with Crippen molar-refractivity contribution in [2.75, 3.05) is 12.3 Å². The summed E-state index contributed by atoms with van der Waals surface area (Å²) in [4.78, 5) is 15.6. The zero-order chi connectivity index (χ0) is 15.1. The third kappa shape index (κ3) is 2.57. The summed E-state index contributed by atoms with van der Waals surface area (Å²) in [5.74, 6) is 0.585. The summed E-state index contributed by atoms with van der Waals surface area (Å²) in [5.41, 5.74) is 6.85. The number of carbonyl (C=O) groups excluding carboxylic acids is 1. The van der Waals surface area contributed by atoms with Gasteiger partial charge in [-0.05, 0) is 30.9 Å². The molecule has 112 valence electrons. The summed E-state index contributed by atoms with van der Waals surface area (Å²) >= 11 is 4.97. The van der Waals surface area contributed by atoms with E-state index in [4.69, 9.17) is 5.73 Å². The summed E-state index contributed by atoms with van der Waals surface area (Å²) in [6.45, 7) is 5.21. The van der Waals surface area contributed by atoms with Crippen molar-refractivity contribution in [3.8, 4) is 0 Å². The average molecular weight is 367 g/mol. The van der Waals surface area contributed by atoms with Gasteiger partial charge in [0.25, 0.3) is 5.91 Å². The molecular formula is C16H19BrN2OS. The highest BCUT2D eigenvalue weighted by atomic mass is 79.9. The number of likely N-dealkylation sites (tertiary alicyclic amines) is 1. The van der Waals surface area contributed by atoms with E-state index in [9.17, 15) is 4.79 Å². The van der Waals surface area contributed by atoms with Crippen LogP contribution < -0.4 is 5.73 Å². The normalized spacial score (nSPS) is 18.9. The zero-order valence-electron chi connectivity index (χ0n) is 12.2. The molecular weight excluding hydrogens is 348 g/mol. The summed E-state index contributed by atoms with van der Waals surface area (Å²) in [5, 5.41) is 0.979. The molecule has 1 unspecified atom stereocenters. The molecule has 1 aliphatic rings. The molecule has 1 aromatic heterocycles. The van der Waals surface area contributed by atoms with E-state index in [0.29, 0.717) is 22.5 Å². The van der Waals surface area contributed by atoms with Crippen molar-refractivity contribution in [1.29, 1.82) is 0 Å². The Balaban J connectivity index is 2.00. The number of rotatable bonds is 2. The number of halogens is 1. The Bertz CT molecular complexity index is 695. The molecule has 1 amide bonds. The first-order valence-corrected chi connectivity index (χ1v) is 8.88. The number of hydrogen-bond acceptors (Lipinski definition) is 3. The molecule has 1 aliphatic heterocycles. The third-order valence-electron chi connectivity index (χ3n) is 4.21. The molecule has 0 aliphatic carbocycles. The van der Waals surface area contributed by atoms with Crippen molar-refractivity contribution in [2.24, 2.45) is 5.92 Å². The van der Waals surface area contributed by atoms with Gasteiger partial charge in [0, 0.05) is 27.1 Å². The van der Waals surface area contributed by atoms with Gasteiger partial charge < -0.3 is 10.6 Å². The second-order valence-electron chi connectivity index (χ2n) is 5.94. The molecule has 1 aromatic carbocycles. The van der Waals surface area contributed by atoms with Crippen LogP contribution >= 0.6 is 27.3 Å². The predicted octanol–water partition coefficient (Wildman–Crippen LogP) is 4.51. The van der Waals surface area contributed by atoms with Crippen molar-refractivity contribution in [3.05, 3.63) is 27.5 Å². The lowest BCUT2D eigenvalue weighted by molar-refractivity contribution is 0.0707. The number of nitrogens with two attached hydrogens (primary N) is 1. The highest BCUT2D eigenvalue weighted by Crippen LogP contribution is 2.37. The highest BCUT2D eigenvalue weighted by molar-refractivity contribution is 9.10. The molecule has 3 rings (SSSR count). The van der Waals surface area contributed by atoms with E-state index in [1.165, 1.54) is 11.3 Å². The molecule has 0 spiro atoms. The number of nitrogens with zero attached hydrogens (tertiary/aromatic N) is 1. The van der Waals surface area contributed by atoms with Crippen molar-refractivity contribution in [1.82, 2.24) is 4.90 Å². The summed E-state index contributed by atoms with van der Waals surface area (Å²) < 4.78 is 2.07. The molecule has 2 N–H and O–H groups in total. The standard InChI is InChI=1S/C16H19BrN2OS/c1-9(2)12-4-3-7-19(12)16(20)15-14(18)11-6-5-10(17)8-13(11)21-15/h5-6,8-9,12H,3-4,7,18H2,1-2H3. The van der Waals surface area contributed by atoms with E-state index in [0.717, 1.165) is 33.9 Å². The number of amides is 1. The smallest absolute Gasteiger partial charge is 0.266 e. The SMILES string of the molecule is CC(C)C1CCCN1C(=O)c1sc2cc(Br)ccc2c1N. The van der Waals surface area contributed by atoms with Gasteiger partial charge in [-0.1, -0.05) is 35.8 Å². The van der Waals surface area contributed by atoms with E-state index in [1.54, 1.807) is 0 Å². The summed E-state index contributed by atoms with van der Waals surface area (Å²) in [6, 6.07) is 6.31. The van der Waals surface area contributed by atoms with Crippen LogP contribution in [-0.2, 0) is 0 Å². The van der Waals surface area contributed by atoms with Gasteiger partial charge in [-0.15, -0.1) is 11.3 Å². The van der Waals surface area contributed by atoms with Gasteiger partial charge in [0.05, 0.1) is 5.69 Å². The fraction of sp³-hybridized carbons (Fsp3) is 0.438. The molecule has 2 aromatic rings. The first-order valence-electron chi connectivity index (χ1n) is 7.27. The van der Waals surface area contributed by atoms with Crippen molar-refractivity contribution in [3.63, 3.8) is 0 Å². The Morgan fingerprint density at radius 2 is 2.24 bits per heavy atom. The van der Waals surface area contributed by atoms with E-state index in [1.807, 2.05) is 23.1 Å². The van der Waals surface area contributed by atoms with Gasteiger partial charge in [0.1, 0.15) is 4.88 Å². The van der Waals surface area contributed by atoms with Gasteiger partial charge >= 0.3 is 0 Å². The van der Waals surface area contributed by atoms with Gasteiger partial charge in [-0.3, -0.25) is 4.79 Å². The van der Waals surface area contributed by atoms with Crippen LogP contribution in [0.4, 0.5) is 5.69 Å². The van der Waals surface area contributed by atoms with Crippen LogP contribution in [0.5, 0.6) is 0 Å². The van der Waals surface area contributed by atoms with Crippen LogP contribution in [0.2, 0.25) is 0 Å². The zero-order valence-corrected chi connectivity index (χ0v) is 14.6. The largest absolute Gasteiger partial charge is 0.397 e. The predicted molar refractivity (Wildman–Crippen MR) is 92.8 cm³/mol. The van der Waals surface area contributed by atoms with Gasteiger partial charge in [0.2, 0.25) is 0 Å². The van der Waals surface area contributed by atoms with Crippen LogP contribution in [-0.4, -0.2) is 23.4 Å². The Morgan fingerprint density at radius 3 is 2.95 bits per heavy atom. The van der Waals surface area contributed by atoms with E-state index in [-0.39, 0.29) is 5.91 Å². The number of carbonyl (C=O) groups is 1. The topological polar surface area (TPSA) is 46.3 Å². The molecule has 0 bridgehead atoms. The lowest BCUT2D eigenvalue weighted by atomic mass is 10.0. The van der Waals surface area contributed by atoms with E-state index < -0.39 is 0 Å². The Morgan fingerprint density at radius 1 is 1.48 bits per heavy atom. The summed E-state index contributed by atoms with van der Waals surface area (Å²) in [7, 11) is 0. The number of nitrogen functional groups attached to an aromatic ring is 1. The van der Waals surface area contributed by atoms with E-state index in [2.05, 4.69) is 29.8 Å². The van der Waals surface area contributed by atoms with Crippen LogP contribution in [0.3, 0.4) is 0 Å². The Labute approximate surface area is 137 Å². The Hall–Kier alpha value is -1.07. The molecule has 1 saturated heterocycles. The molecule has 1 fully saturated rings. The second kappa shape index (κ2) is 5.61. The van der Waals surface area contributed by atoms with Gasteiger partial charge in [0.15, 0.2) is 0 Å². The number of hydrogen-bond donors (Lipinski definition) is 1. The monoisotopic (exact) mass is 366 g/mol. The van der Waals surface area contributed by atoms with Crippen molar-refractivity contribution < 1.29 is 4.79 Å². The fourth-order valence-corrected chi connectivity index (χ4v) is 4.75. The average Bonchev–Trinajstić information content (AvgIpc) is 3.03. The second-order valence-corrected chi connectivity index (χ2v) is 7.91. The molecule has 5 heteroatoms. The highest BCUT2D eigenvalue weighted by Gasteiger charge is 2.33. The molecule has 0 saturated carbocycles. The van der Waals surface area contributed by atoms with Crippen LogP contribution in [0, 0.1) is 5.92 Å². The van der Waals surface area contributed by atoms with Crippen molar-refractivity contribution in [2.45, 2.75) is 32.7 Å². The molecule has 3 nitrogen and oxygen atoms in total. The molecule has 1 atom stereocenters. The van der Waals surface area contributed by atoms with Gasteiger partial charge in [-0.2, -0.15) is 0 Å². The lowest BCUT2D eigenvalue weighted by Gasteiger charge is -2.27. The maximum absolute atomic E-state index is 12.9. The minimum atomic E-state index is 0.0982. The first-order chi connectivity index (χ1) is 9.99. The number of anilines is 1. The number of fused-ring (bicyclic) bond motifs is 1. The van der Waals surface area contributed by atoms with Crippen LogP contribution in [0.1, 0.15) is 36.4 Å². The number of benzene rings is 1. The molecule has 2 heterocycles. The maximum Gasteiger partial charge on any atom is 0.266 e. The van der Waals surface area contributed by atoms with Crippen LogP contribution in [0.25, 0.3) is 10.1 Å². The van der Waals surface area contributed by atoms with Crippen LogP contribution in [0.15, 0.2) is 22.7 Å². The van der Waals surface area contributed by atoms with E-state index >= 15 is 0 Å². The maximum atomic E-state index is 12.9. The molecule has 0 radical (unpaired) electrons. The first kappa shape index (κ1) is 14.9. The minimum Gasteiger partial charge on any atom is -0.397 e. The Kier molecular flexibility index (Phi) is 3.97. The minimum absolute atomic E-state index is 0.0982. The van der Waals surface area contributed by atoms with Crippen molar-refractivity contribution >= 4 is 48.9 Å². The summed E-state index contributed by atoms with van der Waals surface area (Å²) in [6.07, 6.45) is 2.19. The lowest BCUT2D eigenvalue weighted by Crippen LogP contribution is -2.38. The third-order valence-corrected chi connectivity index (χ3v) is 5.86. The quantitative estimate of drug-likeness (QED) is 0.849. The number of thiophene rings is 1. The van der Waals surface area contributed by atoms with Gasteiger partial charge in [-0.25, -0.2) is 0 Å².